The van der Waals surface area contributed by atoms with Gasteiger partial charge in [-0.3, -0.25) is 10.1 Å². The maximum atomic E-state index is 12.7. The highest BCUT2D eigenvalue weighted by molar-refractivity contribution is 6.30. The van der Waals surface area contributed by atoms with Gasteiger partial charge in [-0.05, 0) is 42.5 Å². The van der Waals surface area contributed by atoms with Gasteiger partial charge >= 0.3 is 0 Å². The fourth-order valence-corrected chi connectivity index (χ4v) is 2.95. The zero-order chi connectivity index (χ0) is 16.9. The van der Waals surface area contributed by atoms with Crippen molar-refractivity contribution in [3.8, 4) is 0 Å². The summed E-state index contributed by atoms with van der Waals surface area (Å²) in [5.74, 6) is 0.0520. The summed E-state index contributed by atoms with van der Waals surface area (Å²) in [7, 11) is 0. The number of rotatable bonds is 7. The molecule has 0 bridgehead atoms. The lowest BCUT2D eigenvalue weighted by Crippen LogP contribution is -2.40. The third-order valence-electron chi connectivity index (χ3n) is 4.37. The highest BCUT2D eigenvalue weighted by Crippen LogP contribution is 2.25. The van der Waals surface area contributed by atoms with Crippen LogP contribution in [0.5, 0.6) is 0 Å². The van der Waals surface area contributed by atoms with Crippen molar-refractivity contribution >= 4 is 17.5 Å². The highest BCUT2D eigenvalue weighted by Gasteiger charge is 2.29. The van der Waals surface area contributed by atoms with E-state index in [1.807, 2.05) is 54.6 Å². The van der Waals surface area contributed by atoms with Gasteiger partial charge in [0, 0.05) is 17.1 Å². The molecule has 0 heterocycles. The first-order chi connectivity index (χ1) is 11.7. The molecule has 1 aliphatic rings. The maximum Gasteiger partial charge on any atom is 0.241 e. The molecule has 3 rings (SSSR count). The van der Waals surface area contributed by atoms with Crippen LogP contribution in [0.25, 0.3) is 0 Å². The minimum absolute atomic E-state index is 0.0520. The lowest BCUT2D eigenvalue weighted by Gasteiger charge is -2.25. The Labute approximate surface area is 148 Å². The fourth-order valence-electron chi connectivity index (χ4n) is 2.83. The first-order valence-corrected chi connectivity index (χ1v) is 8.92. The van der Waals surface area contributed by atoms with Crippen LogP contribution in [0.4, 0.5) is 0 Å². The van der Waals surface area contributed by atoms with Gasteiger partial charge in [0.05, 0.1) is 0 Å². The minimum Gasteiger partial charge on any atom is -0.352 e. The predicted octanol–water partition coefficient (Wildman–Crippen LogP) is 4.40. The third-order valence-corrected chi connectivity index (χ3v) is 4.62. The molecule has 24 heavy (non-hydrogen) atoms. The molecule has 1 fully saturated rings. The molecule has 1 saturated carbocycles. The molecule has 3 nitrogen and oxygen atoms in total. The first kappa shape index (κ1) is 17.0. The van der Waals surface area contributed by atoms with E-state index in [0.29, 0.717) is 6.04 Å². The van der Waals surface area contributed by atoms with Gasteiger partial charge in [-0.2, -0.15) is 0 Å². The maximum absolute atomic E-state index is 12.7. The van der Waals surface area contributed by atoms with E-state index in [2.05, 4.69) is 17.6 Å². The Bertz CT molecular complexity index is 668. The number of nitrogens with one attached hydrogen (secondary N) is 2. The van der Waals surface area contributed by atoms with Gasteiger partial charge in [0.25, 0.3) is 0 Å². The molecule has 0 unspecified atom stereocenters. The Kier molecular flexibility index (Phi) is 5.54. The number of benzene rings is 2. The largest absolute Gasteiger partial charge is 0.352 e. The second-order valence-corrected chi connectivity index (χ2v) is 6.74. The van der Waals surface area contributed by atoms with Crippen molar-refractivity contribution in [2.75, 3.05) is 0 Å². The summed E-state index contributed by atoms with van der Waals surface area (Å²) in [5, 5.41) is 7.38. The standard InChI is InChI=1S/C20H23ClN2O/c1-2-18(14-8-10-16(21)11-9-14)23-19(15-6-4-3-5-7-15)20(24)22-17-12-13-17/h3-11,17-19,23H,2,12-13H2,1H3,(H,22,24)/t18-,19-/m1/s1. The lowest BCUT2D eigenvalue weighted by molar-refractivity contribution is -0.123. The predicted molar refractivity (Wildman–Crippen MR) is 98.0 cm³/mol. The van der Waals surface area contributed by atoms with Crippen molar-refractivity contribution in [3.05, 3.63) is 70.7 Å². The summed E-state index contributed by atoms with van der Waals surface area (Å²) in [6.07, 6.45) is 3.06. The van der Waals surface area contributed by atoms with Crippen LogP contribution in [0, 0.1) is 0 Å². The van der Waals surface area contributed by atoms with Crippen LogP contribution in [-0.2, 0) is 4.79 Å². The average molecular weight is 343 g/mol. The molecule has 0 aromatic heterocycles. The Morgan fingerprint density at radius 1 is 1.08 bits per heavy atom. The van der Waals surface area contributed by atoms with Gasteiger partial charge in [-0.1, -0.05) is 61.0 Å². The van der Waals surface area contributed by atoms with E-state index in [4.69, 9.17) is 11.6 Å². The molecule has 0 aliphatic heterocycles. The zero-order valence-corrected chi connectivity index (χ0v) is 14.6. The number of carbonyl (C=O) groups is 1. The summed E-state index contributed by atoms with van der Waals surface area (Å²) in [4.78, 5) is 12.7. The SMILES string of the molecule is CC[C@@H](N[C@@H](C(=O)NC1CC1)c1ccccc1)c1ccc(Cl)cc1. The van der Waals surface area contributed by atoms with Gasteiger partial charge in [-0.15, -0.1) is 0 Å². The smallest absolute Gasteiger partial charge is 0.241 e. The van der Waals surface area contributed by atoms with Crippen molar-refractivity contribution in [2.45, 2.75) is 44.3 Å². The first-order valence-electron chi connectivity index (χ1n) is 8.54. The Morgan fingerprint density at radius 2 is 1.75 bits per heavy atom. The third kappa shape index (κ3) is 4.37. The normalized spacial score (nSPS) is 16.4. The summed E-state index contributed by atoms with van der Waals surface area (Å²) < 4.78 is 0. The topological polar surface area (TPSA) is 41.1 Å². The number of carbonyl (C=O) groups excluding carboxylic acids is 1. The molecule has 2 atom stereocenters. The van der Waals surface area contributed by atoms with Crippen molar-refractivity contribution in [2.24, 2.45) is 0 Å². The van der Waals surface area contributed by atoms with Crippen LogP contribution >= 0.6 is 11.6 Å². The van der Waals surface area contributed by atoms with Gasteiger partial charge in [0.1, 0.15) is 6.04 Å². The Hall–Kier alpha value is -1.84. The summed E-state index contributed by atoms with van der Waals surface area (Å²) in [5.41, 5.74) is 2.13. The molecular formula is C20H23ClN2O. The van der Waals surface area contributed by atoms with Gasteiger partial charge in [0.2, 0.25) is 5.91 Å². The molecule has 1 amide bonds. The molecular weight excluding hydrogens is 320 g/mol. The van der Waals surface area contributed by atoms with Crippen molar-refractivity contribution in [3.63, 3.8) is 0 Å². The molecule has 2 aromatic rings. The van der Waals surface area contributed by atoms with Crippen LogP contribution in [0.3, 0.4) is 0 Å². The Morgan fingerprint density at radius 3 is 2.33 bits per heavy atom. The van der Waals surface area contributed by atoms with E-state index in [-0.39, 0.29) is 18.0 Å². The number of hydrogen-bond acceptors (Lipinski definition) is 2. The van der Waals surface area contributed by atoms with E-state index in [9.17, 15) is 4.79 Å². The number of halogens is 1. The van der Waals surface area contributed by atoms with Gasteiger partial charge < -0.3 is 5.32 Å². The second-order valence-electron chi connectivity index (χ2n) is 6.31. The van der Waals surface area contributed by atoms with Crippen molar-refractivity contribution in [1.82, 2.24) is 10.6 Å². The summed E-state index contributed by atoms with van der Waals surface area (Å²) in [6.45, 7) is 2.12. The van der Waals surface area contributed by atoms with Crippen LogP contribution in [-0.4, -0.2) is 11.9 Å². The molecule has 0 radical (unpaired) electrons. The number of hydrogen-bond donors (Lipinski definition) is 2. The second kappa shape index (κ2) is 7.82. The van der Waals surface area contributed by atoms with E-state index in [1.165, 1.54) is 0 Å². The van der Waals surface area contributed by atoms with Crippen molar-refractivity contribution < 1.29 is 4.79 Å². The molecule has 0 spiro atoms. The van der Waals surface area contributed by atoms with E-state index in [0.717, 1.165) is 35.4 Å². The van der Waals surface area contributed by atoms with E-state index < -0.39 is 0 Å². The molecule has 2 N–H and O–H groups in total. The number of amides is 1. The van der Waals surface area contributed by atoms with Gasteiger partial charge in [0.15, 0.2) is 0 Å². The fraction of sp³-hybridized carbons (Fsp3) is 0.350. The average Bonchev–Trinajstić information content (AvgIpc) is 3.41. The zero-order valence-electron chi connectivity index (χ0n) is 13.8. The molecule has 0 saturated heterocycles. The quantitative estimate of drug-likeness (QED) is 0.783. The van der Waals surface area contributed by atoms with Crippen LogP contribution in [0.2, 0.25) is 5.02 Å². The van der Waals surface area contributed by atoms with Crippen LogP contribution < -0.4 is 10.6 Å². The molecule has 2 aromatic carbocycles. The molecule has 4 heteroatoms. The summed E-state index contributed by atoms with van der Waals surface area (Å²) in [6, 6.07) is 17.8. The van der Waals surface area contributed by atoms with Crippen LogP contribution in [0.1, 0.15) is 49.4 Å². The van der Waals surface area contributed by atoms with E-state index >= 15 is 0 Å². The van der Waals surface area contributed by atoms with Crippen LogP contribution in [0.15, 0.2) is 54.6 Å². The summed E-state index contributed by atoms with van der Waals surface area (Å²) >= 11 is 5.99. The lowest BCUT2D eigenvalue weighted by atomic mass is 10.00. The molecule has 1 aliphatic carbocycles. The van der Waals surface area contributed by atoms with E-state index in [1.54, 1.807) is 0 Å². The van der Waals surface area contributed by atoms with Gasteiger partial charge in [-0.25, -0.2) is 0 Å². The Balaban J connectivity index is 1.81. The minimum atomic E-state index is -0.354. The highest BCUT2D eigenvalue weighted by atomic mass is 35.5. The monoisotopic (exact) mass is 342 g/mol. The van der Waals surface area contributed by atoms with Crippen molar-refractivity contribution in [1.29, 1.82) is 0 Å². The molecule has 126 valence electrons.